The molecule has 0 saturated carbocycles. The first-order chi connectivity index (χ1) is 20.2. The average Bonchev–Trinajstić information content (AvgIpc) is 2.96. The normalized spacial score (nSPS) is 13.7. The summed E-state index contributed by atoms with van der Waals surface area (Å²) in [6, 6.07) is 6.58. The molecule has 10 nitrogen and oxygen atoms in total. The summed E-state index contributed by atoms with van der Waals surface area (Å²) >= 11 is 0. The predicted molar refractivity (Wildman–Crippen MR) is 161 cm³/mol. The van der Waals surface area contributed by atoms with Crippen LogP contribution >= 0.6 is 0 Å². The summed E-state index contributed by atoms with van der Waals surface area (Å²) in [5, 5.41) is 16.4. The molecular weight excluding hydrogens is 537 g/mol. The molecule has 0 bridgehead atoms. The summed E-state index contributed by atoms with van der Waals surface area (Å²) in [6.45, 7) is 9.30. The van der Waals surface area contributed by atoms with Crippen LogP contribution in [0.25, 0.3) is 0 Å². The summed E-state index contributed by atoms with van der Waals surface area (Å²) in [7, 11) is 0. The number of halogens is 1. The summed E-state index contributed by atoms with van der Waals surface area (Å²) in [5.74, 6) is 0.466. The first-order valence-corrected chi connectivity index (χ1v) is 14.7. The van der Waals surface area contributed by atoms with E-state index in [4.69, 9.17) is 9.72 Å². The van der Waals surface area contributed by atoms with Crippen molar-refractivity contribution in [1.29, 1.82) is 0 Å². The van der Waals surface area contributed by atoms with Gasteiger partial charge in [0.05, 0.1) is 18.1 Å². The van der Waals surface area contributed by atoms with E-state index in [0.29, 0.717) is 37.7 Å². The molecule has 0 radical (unpaired) electrons. The maximum Gasteiger partial charge on any atom is 0.326 e. The van der Waals surface area contributed by atoms with Crippen molar-refractivity contribution in [3.05, 3.63) is 65.8 Å². The van der Waals surface area contributed by atoms with E-state index >= 15 is 0 Å². The highest BCUT2D eigenvalue weighted by atomic mass is 19.1. The topological polar surface area (TPSA) is 125 Å². The number of nitrogens with one attached hydrogen (secondary N) is 2. The molecule has 3 N–H and O–H groups in total. The number of nitrogens with zero attached hydrogens (tertiary/aromatic N) is 5. The molecule has 0 unspecified atom stereocenters. The Hall–Kier alpha value is -3.86. The number of rotatable bonds is 15. The quantitative estimate of drug-likeness (QED) is 0.218. The fourth-order valence-electron chi connectivity index (χ4n) is 4.84. The van der Waals surface area contributed by atoms with Crippen LogP contribution in [-0.4, -0.2) is 74.7 Å². The highest BCUT2D eigenvalue weighted by molar-refractivity contribution is 5.76. The van der Waals surface area contributed by atoms with Crippen molar-refractivity contribution in [2.75, 3.05) is 43.4 Å². The highest BCUT2D eigenvalue weighted by Crippen LogP contribution is 2.22. The Morgan fingerprint density at radius 2 is 2.02 bits per heavy atom. The van der Waals surface area contributed by atoms with Gasteiger partial charge in [-0.2, -0.15) is 0 Å². The Kier molecular flexibility index (Phi) is 11.0. The number of hydrogen-bond donors (Lipinski definition) is 3. The smallest absolute Gasteiger partial charge is 0.326 e. The lowest BCUT2D eigenvalue weighted by Gasteiger charge is -2.25. The Balaban J connectivity index is 1.33. The zero-order chi connectivity index (χ0) is 30.0. The maximum absolute atomic E-state index is 13.5. The number of carboxylic acid groups (broad SMARTS) is 1. The number of pyridine rings is 2. The first-order valence-electron chi connectivity index (χ1n) is 14.7. The van der Waals surface area contributed by atoms with Gasteiger partial charge in [0.25, 0.3) is 0 Å². The minimum atomic E-state index is -0.944. The molecule has 0 saturated heterocycles. The largest absolute Gasteiger partial charge is 0.491 e. The lowest BCUT2D eigenvalue weighted by atomic mass is 9.92. The fraction of sp³-hybridized carbons (Fsp3) is 0.516. The van der Waals surface area contributed by atoms with Crippen LogP contribution in [0.3, 0.4) is 0 Å². The molecule has 0 aromatic carbocycles. The highest BCUT2D eigenvalue weighted by Gasteiger charge is 2.21. The van der Waals surface area contributed by atoms with E-state index in [2.05, 4.69) is 42.6 Å². The minimum Gasteiger partial charge on any atom is -0.491 e. The molecule has 42 heavy (non-hydrogen) atoms. The monoisotopic (exact) mass is 579 g/mol. The Morgan fingerprint density at radius 1 is 1.17 bits per heavy atom. The third-order valence-electron chi connectivity index (χ3n) is 7.25. The van der Waals surface area contributed by atoms with Gasteiger partial charge < -0.3 is 20.5 Å². The van der Waals surface area contributed by atoms with Gasteiger partial charge in [-0.25, -0.2) is 24.1 Å². The average molecular weight is 580 g/mol. The van der Waals surface area contributed by atoms with Crippen LogP contribution in [0.5, 0.6) is 5.75 Å². The maximum atomic E-state index is 13.5. The second-order valence-electron chi connectivity index (χ2n) is 11.7. The summed E-state index contributed by atoms with van der Waals surface area (Å²) < 4.78 is 19.2. The number of ether oxygens (including phenoxy) is 1. The Bertz CT molecular complexity index is 1320. The van der Waals surface area contributed by atoms with Crippen molar-refractivity contribution < 1.29 is 19.0 Å². The van der Waals surface area contributed by atoms with Crippen molar-refractivity contribution in [3.63, 3.8) is 0 Å². The van der Waals surface area contributed by atoms with E-state index in [1.165, 1.54) is 24.2 Å². The number of aryl methyl sites for hydroxylation is 2. The molecule has 0 amide bonds. The van der Waals surface area contributed by atoms with Crippen molar-refractivity contribution in [1.82, 2.24) is 24.8 Å². The van der Waals surface area contributed by atoms with Crippen LogP contribution in [0.4, 0.5) is 16.0 Å². The minimum absolute atomic E-state index is 0.183. The molecule has 1 aliphatic rings. The van der Waals surface area contributed by atoms with E-state index in [-0.39, 0.29) is 5.41 Å². The van der Waals surface area contributed by atoms with Gasteiger partial charge in [0.15, 0.2) is 0 Å². The van der Waals surface area contributed by atoms with Crippen molar-refractivity contribution in [3.8, 4) is 5.75 Å². The van der Waals surface area contributed by atoms with E-state index in [1.807, 2.05) is 20.8 Å². The molecule has 4 heterocycles. The lowest BCUT2D eigenvalue weighted by molar-refractivity contribution is -0.138. The van der Waals surface area contributed by atoms with Crippen LogP contribution in [0.1, 0.15) is 63.4 Å². The molecule has 11 heteroatoms. The predicted octanol–water partition coefficient (Wildman–Crippen LogP) is 4.72. The van der Waals surface area contributed by atoms with E-state index in [1.54, 1.807) is 6.07 Å². The summed E-state index contributed by atoms with van der Waals surface area (Å²) in [5.41, 5.74) is 3.00. The van der Waals surface area contributed by atoms with Gasteiger partial charge in [0.2, 0.25) is 0 Å². The number of carboxylic acids is 1. The molecule has 0 spiro atoms. The van der Waals surface area contributed by atoms with Crippen molar-refractivity contribution >= 4 is 17.6 Å². The van der Waals surface area contributed by atoms with Gasteiger partial charge in [-0.15, -0.1) is 0 Å². The first kappa shape index (κ1) is 31.1. The van der Waals surface area contributed by atoms with E-state index in [0.717, 1.165) is 68.6 Å². The number of anilines is 2. The van der Waals surface area contributed by atoms with Gasteiger partial charge in [-0.1, -0.05) is 26.8 Å². The molecule has 3 aromatic heterocycles. The molecule has 0 aliphatic carbocycles. The molecule has 1 atom stereocenters. The second-order valence-corrected chi connectivity index (χ2v) is 11.7. The van der Waals surface area contributed by atoms with Gasteiger partial charge >= 0.3 is 5.97 Å². The number of unbranched alkanes of at least 4 members (excludes halogenated alkanes) is 1. The van der Waals surface area contributed by atoms with Gasteiger partial charge in [-0.05, 0) is 56.7 Å². The molecule has 226 valence electrons. The van der Waals surface area contributed by atoms with Gasteiger partial charge in [0, 0.05) is 42.9 Å². The van der Waals surface area contributed by atoms with Crippen molar-refractivity contribution in [2.45, 2.75) is 70.8 Å². The second kappa shape index (κ2) is 14.9. The summed E-state index contributed by atoms with van der Waals surface area (Å²) in [4.78, 5) is 31.5. The zero-order valence-corrected chi connectivity index (χ0v) is 24.8. The third-order valence-corrected chi connectivity index (χ3v) is 7.25. The number of hydrogen-bond acceptors (Lipinski definition) is 9. The van der Waals surface area contributed by atoms with Crippen LogP contribution in [0, 0.1) is 5.82 Å². The molecule has 3 aromatic rings. The zero-order valence-electron chi connectivity index (χ0n) is 24.8. The van der Waals surface area contributed by atoms with Crippen molar-refractivity contribution in [2.24, 2.45) is 0 Å². The number of fused-ring (bicyclic) bond motifs is 1. The number of carbonyl (C=O) groups is 1. The molecule has 4 rings (SSSR count). The summed E-state index contributed by atoms with van der Waals surface area (Å²) in [6.07, 6.45) is 9.38. The van der Waals surface area contributed by atoms with Gasteiger partial charge in [0.1, 0.15) is 42.2 Å². The fourth-order valence-corrected chi connectivity index (χ4v) is 4.84. The molecular formula is C31H42FN7O3. The molecule has 0 fully saturated rings. The number of aliphatic carboxylic acids is 1. The van der Waals surface area contributed by atoms with Crippen LogP contribution < -0.4 is 15.4 Å². The van der Waals surface area contributed by atoms with Crippen LogP contribution in [0.15, 0.2) is 43.0 Å². The van der Waals surface area contributed by atoms with E-state index < -0.39 is 17.8 Å². The lowest BCUT2D eigenvalue weighted by Crippen LogP contribution is -2.37. The SMILES string of the molecule is CC(C)(C)c1cc(N[C@@H](CCN(CCCCc2ccc3c(n2)NCCC3)CCOc2cncc(F)c2)C(=O)O)ncn1. The van der Waals surface area contributed by atoms with Crippen LogP contribution in [0.2, 0.25) is 0 Å². The van der Waals surface area contributed by atoms with Crippen LogP contribution in [-0.2, 0) is 23.1 Å². The third kappa shape index (κ3) is 9.61. The Labute approximate surface area is 247 Å². The standard InChI is InChI=1S/C31H42FN7O3/c1-31(2,3)27-18-28(36-21-35-27)38-26(30(40)41)11-14-39(15-16-42-25-17-23(32)19-33-20-25)13-5-4-8-24-10-9-22-7-6-12-34-29(22)37-24/h9-10,17-21,26H,4-8,11-16H2,1-3H3,(H,34,37)(H,40,41)(H,35,36,38)/t26-/m0/s1. The van der Waals surface area contributed by atoms with Gasteiger partial charge in [-0.3, -0.25) is 9.88 Å². The Morgan fingerprint density at radius 3 is 2.81 bits per heavy atom. The molecule has 1 aliphatic heterocycles. The number of aromatic nitrogens is 4. The van der Waals surface area contributed by atoms with E-state index in [9.17, 15) is 14.3 Å².